The van der Waals surface area contributed by atoms with Crippen LogP contribution in [-0.4, -0.2) is 43.2 Å². The van der Waals surface area contributed by atoms with Gasteiger partial charge in [-0.1, -0.05) is 12.1 Å². The van der Waals surface area contributed by atoms with Gasteiger partial charge in [0.05, 0.1) is 11.3 Å². The molecule has 0 atom stereocenters. The van der Waals surface area contributed by atoms with Crippen molar-refractivity contribution in [3.8, 4) is 0 Å². The lowest BCUT2D eigenvalue weighted by Crippen LogP contribution is -2.33. The summed E-state index contributed by atoms with van der Waals surface area (Å²) in [6.45, 7) is 9.80. The second-order valence-electron chi connectivity index (χ2n) is 3.66. The van der Waals surface area contributed by atoms with Gasteiger partial charge >= 0.3 is 0 Å². The van der Waals surface area contributed by atoms with E-state index in [1.807, 2.05) is 6.92 Å². The van der Waals surface area contributed by atoms with E-state index in [4.69, 9.17) is 11.6 Å². The standard InChI is InChI=1S/C13H17ClN4O/c1-4-17(10-9-14)13(19)11-7-5-6-8-12(11)18(15-2)16-3/h5-8H,2-4,9-10H2,1H3. The zero-order chi connectivity index (χ0) is 14.3. The number of benzene rings is 1. The zero-order valence-corrected chi connectivity index (χ0v) is 11.7. The van der Waals surface area contributed by atoms with Crippen molar-refractivity contribution in [3.05, 3.63) is 29.8 Å². The predicted octanol–water partition coefficient (Wildman–Crippen LogP) is 2.43. The van der Waals surface area contributed by atoms with Crippen molar-refractivity contribution in [3.63, 3.8) is 0 Å². The maximum Gasteiger partial charge on any atom is 0.256 e. The monoisotopic (exact) mass is 280 g/mol. The first-order valence-electron chi connectivity index (χ1n) is 5.87. The van der Waals surface area contributed by atoms with Gasteiger partial charge in [-0.05, 0) is 19.1 Å². The molecule has 5 nitrogen and oxygen atoms in total. The van der Waals surface area contributed by atoms with Crippen molar-refractivity contribution < 1.29 is 4.79 Å². The van der Waals surface area contributed by atoms with E-state index >= 15 is 0 Å². The lowest BCUT2D eigenvalue weighted by molar-refractivity contribution is 0.0774. The van der Waals surface area contributed by atoms with Crippen LogP contribution < -0.4 is 5.12 Å². The van der Waals surface area contributed by atoms with Crippen LogP contribution >= 0.6 is 11.6 Å². The van der Waals surface area contributed by atoms with Crippen LogP contribution in [-0.2, 0) is 0 Å². The minimum absolute atomic E-state index is 0.115. The Kier molecular flexibility index (Phi) is 6.02. The number of amides is 1. The molecule has 0 fully saturated rings. The summed E-state index contributed by atoms with van der Waals surface area (Å²) in [5, 5.41) is 8.64. The third kappa shape index (κ3) is 3.54. The summed E-state index contributed by atoms with van der Waals surface area (Å²) in [7, 11) is 0. The van der Waals surface area contributed by atoms with Gasteiger partial charge in [0.15, 0.2) is 0 Å². The Balaban J connectivity index is 3.15. The molecule has 0 saturated carbocycles. The summed E-state index contributed by atoms with van der Waals surface area (Å²) in [6, 6.07) is 7.05. The van der Waals surface area contributed by atoms with Gasteiger partial charge in [0.25, 0.3) is 5.91 Å². The number of anilines is 1. The van der Waals surface area contributed by atoms with Gasteiger partial charge in [-0.25, -0.2) is 0 Å². The molecule has 6 heteroatoms. The molecule has 1 amide bonds. The quantitative estimate of drug-likeness (QED) is 0.437. The number of alkyl halides is 1. The van der Waals surface area contributed by atoms with Gasteiger partial charge < -0.3 is 4.90 Å². The minimum atomic E-state index is -0.115. The van der Waals surface area contributed by atoms with Gasteiger partial charge in [-0.2, -0.15) is 15.3 Å². The van der Waals surface area contributed by atoms with E-state index in [1.165, 1.54) is 5.12 Å². The Morgan fingerprint density at radius 2 is 1.95 bits per heavy atom. The molecule has 1 rings (SSSR count). The van der Waals surface area contributed by atoms with Crippen molar-refractivity contribution in [1.82, 2.24) is 4.90 Å². The van der Waals surface area contributed by atoms with Gasteiger partial charge in [0.1, 0.15) is 0 Å². The highest BCUT2D eigenvalue weighted by Crippen LogP contribution is 2.22. The van der Waals surface area contributed by atoms with Crippen molar-refractivity contribution in [1.29, 1.82) is 0 Å². The van der Waals surface area contributed by atoms with Gasteiger partial charge in [-0.3, -0.25) is 4.79 Å². The fourth-order valence-corrected chi connectivity index (χ4v) is 1.91. The molecule has 19 heavy (non-hydrogen) atoms. The molecule has 0 bridgehead atoms. The Labute approximate surface area is 118 Å². The van der Waals surface area contributed by atoms with Crippen LogP contribution in [0, 0.1) is 0 Å². The predicted molar refractivity (Wildman–Crippen MR) is 80.3 cm³/mol. The zero-order valence-electron chi connectivity index (χ0n) is 10.9. The second kappa shape index (κ2) is 7.53. The summed E-state index contributed by atoms with van der Waals surface area (Å²) in [5.41, 5.74) is 1.04. The summed E-state index contributed by atoms with van der Waals surface area (Å²) < 4.78 is 0. The van der Waals surface area contributed by atoms with Crippen LogP contribution in [0.1, 0.15) is 17.3 Å². The van der Waals surface area contributed by atoms with Crippen molar-refractivity contribution in [2.45, 2.75) is 6.92 Å². The van der Waals surface area contributed by atoms with E-state index in [-0.39, 0.29) is 5.91 Å². The third-order valence-electron chi connectivity index (χ3n) is 2.64. The molecular formula is C13H17ClN4O. The molecule has 102 valence electrons. The smallest absolute Gasteiger partial charge is 0.256 e. The summed E-state index contributed by atoms with van der Waals surface area (Å²) >= 11 is 5.70. The highest BCUT2D eigenvalue weighted by molar-refractivity contribution is 6.18. The molecule has 0 spiro atoms. The number of nitrogens with zero attached hydrogens (tertiary/aromatic N) is 4. The Bertz CT molecular complexity index is 456. The van der Waals surface area contributed by atoms with Crippen LogP contribution in [0.3, 0.4) is 0 Å². The number of hydrogen-bond donors (Lipinski definition) is 0. The van der Waals surface area contributed by atoms with Gasteiger partial charge in [-0.15, -0.1) is 11.6 Å². The molecule has 0 saturated heterocycles. The Hall–Kier alpha value is -1.88. The van der Waals surface area contributed by atoms with Gasteiger partial charge in [0, 0.05) is 32.4 Å². The van der Waals surface area contributed by atoms with Crippen LogP contribution in [0.15, 0.2) is 34.5 Å². The van der Waals surface area contributed by atoms with E-state index in [2.05, 4.69) is 23.6 Å². The molecular weight excluding hydrogens is 264 g/mol. The van der Waals surface area contributed by atoms with E-state index in [1.54, 1.807) is 29.2 Å². The Morgan fingerprint density at radius 1 is 1.32 bits per heavy atom. The first-order valence-corrected chi connectivity index (χ1v) is 6.40. The number of halogens is 1. The SMILES string of the molecule is C=NN(N=C)c1ccccc1C(=O)N(CC)CCCl. The molecule has 0 N–H and O–H groups in total. The number of carbonyl (C=O) groups is 1. The first kappa shape index (κ1) is 15.2. The lowest BCUT2D eigenvalue weighted by atomic mass is 10.1. The van der Waals surface area contributed by atoms with E-state index in [0.29, 0.717) is 30.2 Å². The van der Waals surface area contributed by atoms with Crippen LogP contribution in [0.2, 0.25) is 0 Å². The maximum atomic E-state index is 12.4. The maximum absolute atomic E-state index is 12.4. The number of rotatable bonds is 7. The Morgan fingerprint density at radius 3 is 2.47 bits per heavy atom. The summed E-state index contributed by atoms with van der Waals surface area (Å²) in [4.78, 5) is 14.1. The molecule has 0 aliphatic rings. The molecule has 0 unspecified atom stereocenters. The molecule has 1 aromatic carbocycles. The van der Waals surface area contributed by atoms with Gasteiger partial charge in [0.2, 0.25) is 0 Å². The number of carbonyl (C=O) groups excluding carboxylic acids is 1. The first-order chi connectivity index (χ1) is 9.19. The van der Waals surface area contributed by atoms with Crippen molar-refractivity contribution in [2.75, 3.05) is 24.1 Å². The molecule has 0 aromatic heterocycles. The second-order valence-corrected chi connectivity index (χ2v) is 4.04. The summed E-state index contributed by atoms with van der Waals surface area (Å²) in [6.07, 6.45) is 0. The third-order valence-corrected chi connectivity index (χ3v) is 2.81. The average molecular weight is 281 g/mol. The summed E-state index contributed by atoms with van der Waals surface area (Å²) in [5.74, 6) is 0.279. The number of para-hydroxylation sites is 1. The molecule has 0 aliphatic heterocycles. The topological polar surface area (TPSA) is 48.3 Å². The fourth-order valence-electron chi connectivity index (χ4n) is 1.70. The van der Waals surface area contributed by atoms with Crippen molar-refractivity contribution >= 4 is 36.6 Å². The van der Waals surface area contributed by atoms with Crippen molar-refractivity contribution in [2.24, 2.45) is 10.2 Å². The number of hydrogen-bond acceptors (Lipinski definition) is 4. The normalized spacial score (nSPS) is 9.79. The largest absolute Gasteiger partial charge is 0.338 e. The fraction of sp³-hybridized carbons (Fsp3) is 0.308. The molecule has 1 aromatic rings. The molecule has 0 radical (unpaired) electrons. The lowest BCUT2D eigenvalue weighted by Gasteiger charge is -2.22. The van der Waals surface area contributed by atoms with E-state index in [9.17, 15) is 4.79 Å². The van der Waals surface area contributed by atoms with Crippen LogP contribution in [0.4, 0.5) is 5.69 Å². The van der Waals surface area contributed by atoms with Crippen LogP contribution in [0.25, 0.3) is 0 Å². The van der Waals surface area contributed by atoms with E-state index < -0.39 is 0 Å². The van der Waals surface area contributed by atoms with E-state index in [0.717, 1.165) is 0 Å². The molecule has 0 heterocycles. The van der Waals surface area contributed by atoms with Crippen LogP contribution in [0.5, 0.6) is 0 Å². The molecule has 0 aliphatic carbocycles. The minimum Gasteiger partial charge on any atom is -0.338 e. The highest BCUT2D eigenvalue weighted by Gasteiger charge is 2.19. The highest BCUT2D eigenvalue weighted by atomic mass is 35.5. The number of hydrazone groups is 2. The average Bonchev–Trinajstić information content (AvgIpc) is 2.46.